The van der Waals surface area contributed by atoms with Crippen LogP contribution in [0.3, 0.4) is 0 Å². The van der Waals surface area contributed by atoms with E-state index in [1.165, 1.54) is 6.08 Å². The van der Waals surface area contributed by atoms with Gasteiger partial charge in [-0.25, -0.2) is 4.98 Å². The van der Waals surface area contributed by atoms with Gasteiger partial charge in [0.2, 0.25) is 5.91 Å². The van der Waals surface area contributed by atoms with E-state index in [4.69, 9.17) is 16.3 Å². The number of carbonyl (C=O) groups excluding carboxylic acids is 2. The number of pyridine rings is 1. The Morgan fingerprint density at radius 2 is 2.11 bits per heavy atom. The van der Waals surface area contributed by atoms with E-state index >= 15 is 0 Å². The number of nitrogens with zero attached hydrogens (tertiary/aromatic N) is 2. The second-order valence-electron chi connectivity index (χ2n) is 6.65. The highest BCUT2D eigenvalue weighted by atomic mass is 35.5. The maximum atomic E-state index is 12.1. The van der Waals surface area contributed by atoms with Crippen molar-refractivity contribution in [2.24, 2.45) is 0 Å². The number of hydrogen-bond acceptors (Lipinski definition) is 4. The highest BCUT2D eigenvalue weighted by Gasteiger charge is 2.29. The summed E-state index contributed by atoms with van der Waals surface area (Å²) in [7, 11) is 1.59. The number of morpholine rings is 1. The number of ether oxygens (including phenoxy) is 1. The number of benzene rings is 1. The zero-order valence-electron chi connectivity index (χ0n) is 15.8. The molecule has 0 saturated carbocycles. The molecule has 0 spiro atoms. The summed E-state index contributed by atoms with van der Waals surface area (Å²) >= 11 is 6.27. The molecule has 3 rings (SSSR count). The largest absolute Gasteiger partial charge is 0.367 e. The second kappa shape index (κ2) is 8.54. The van der Waals surface area contributed by atoms with Crippen molar-refractivity contribution in [2.45, 2.75) is 19.1 Å². The molecule has 1 aromatic carbocycles. The van der Waals surface area contributed by atoms with Gasteiger partial charge >= 0.3 is 0 Å². The van der Waals surface area contributed by atoms with Gasteiger partial charge in [-0.15, -0.1) is 0 Å². The topological polar surface area (TPSA) is 71.5 Å². The van der Waals surface area contributed by atoms with Crippen LogP contribution in [0.1, 0.15) is 28.9 Å². The second-order valence-corrected chi connectivity index (χ2v) is 7.04. The zero-order chi connectivity index (χ0) is 20.3. The molecule has 2 heterocycles. The Hall–Kier alpha value is -2.70. The van der Waals surface area contributed by atoms with Gasteiger partial charge in [-0.1, -0.05) is 30.3 Å². The van der Waals surface area contributed by atoms with Crippen molar-refractivity contribution in [2.75, 3.05) is 20.1 Å². The van der Waals surface area contributed by atoms with Crippen LogP contribution in [0, 0.1) is 0 Å². The van der Waals surface area contributed by atoms with Crippen molar-refractivity contribution in [3.63, 3.8) is 0 Å². The van der Waals surface area contributed by atoms with Crippen LogP contribution in [-0.4, -0.2) is 47.9 Å². The lowest BCUT2D eigenvalue weighted by Gasteiger charge is -2.36. The summed E-state index contributed by atoms with van der Waals surface area (Å²) in [6.07, 6.45) is 0.869. The van der Waals surface area contributed by atoms with E-state index in [1.54, 1.807) is 36.2 Å². The van der Waals surface area contributed by atoms with Crippen LogP contribution in [0.4, 0.5) is 0 Å². The molecule has 1 unspecified atom stereocenters. The van der Waals surface area contributed by atoms with Crippen molar-refractivity contribution >= 4 is 23.4 Å². The molecule has 1 aliphatic heterocycles. The van der Waals surface area contributed by atoms with Gasteiger partial charge in [0, 0.05) is 24.7 Å². The molecule has 1 saturated heterocycles. The number of carbonyl (C=O) groups is 2. The summed E-state index contributed by atoms with van der Waals surface area (Å²) in [4.78, 5) is 30.1. The van der Waals surface area contributed by atoms with Gasteiger partial charge in [-0.05, 0) is 42.8 Å². The maximum absolute atomic E-state index is 12.1. The molecular formula is C21H22ClN3O3. The molecule has 2 atom stereocenters. The SMILES string of the molecule is C=CC(=O)N1CC(c2cc(Cl)nc(-c3cccc(C(=O)NC)c3)c2)O[C@@H](C)C1. The lowest BCUT2D eigenvalue weighted by molar-refractivity contribution is -0.139. The van der Waals surface area contributed by atoms with E-state index < -0.39 is 0 Å². The third-order valence-corrected chi connectivity index (χ3v) is 4.78. The van der Waals surface area contributed by atoms with Gasteiger partial charge in [-0.2, -0.15) is 0 Å². The van der Waals surface area contributed by atoms with Crippen LogP contribution in [-0.2, 0) is 9.53 Å². The first kappa shape index (κ1) is 20.0. The third-order valence-electron chi connectivity index (χ3n) is 4.58. The first-order valence-corrected chi connectivity index (χ1v) is 9.36. The first-order valence-electron chi connectivity index (χ1n) is 8.98. The third kappa shape index (κ3) is 4.40. The maximum Gasteiger partial charge on any atom is 0.251 e. The summed E-state index contributed by atoms with van der Waals surface area (Å²) in [5, 5.41) is 2.93. The minimum atomic E-state index is -0.325. The Morgan fingerprint density at radius 3 is 2.82 bits per heavy atom. The molecule has 7 heteroatoms. The summed E-state index contributed by atoms with van der Waals surface area (Å²) in [5.74, 6) is -0.300. The standard InChI is InChI=1S/C21H22ClN3O3/c1-4-20(26)25-11-13(2)28-18(12-25)16-9-17(24-19(22)10-16)14-6-5-7-15(8-14)21(27)23-3/h4-10,13,18H,1,11-12H2,2-3H3,(H,23,27)/t13-,18?/m0/s1. The normalized spacial score (nSPS) is 19.2. The molecule has 6 nitrogen and oxygen atoms in total. The van der Waals surface area contributed by atoms with Gasteiger partial charge < -0.3 is 15.0 Å². The molecule has 1 fully saturated rings. The fraction of sp³-hybridized carbons (Fsp3) is 0.286. The van der Waals surface area contributed by atoms with Crippen LogP contribution in [0.5, 0.6) is 0 Å². The molecule has 2 aromatic rings. The lowest BCUT2D eigenvalue weighted by atomic mass is 10.0. The predicted molar refractivity (Wildman–Crippen MR) is 108 cm³/mol. The Labute approximate surface area is 169 Å². The average Bonchev–Trinajstić information content (AvgIpc) is 2.71. The van der Waals surface area contributed by atoms with E-state index in [9.17, 15) is 9.59 Å². The van der Waals surface area contributed by atoms with Crippen molar-refractivity contribution in [3.05, 3.63) is 65.3 Å². The van der Waals surface area contributed by atoms with Crippen molar-refractivity contribution in [1.82, 2.24) is 15.2 Å². The van der Waals surface area contributed by atoms with Crippen molar-refractivity contribution in [1.29, 1.82) is 0 Å². The van der Waals surface area contributed by atoms with Crippen LogP contribution < -0.4 is 5.32 Å². The smallest absolute Gasteiger partial charge is 0.251 e. The minimum Gasteiger partial charge on any atom is -0.367 e. The quantitative estimate of drug-likeness (QED) is 0.632. The van der Waals surface area contributed by atoms with Crippen molar-refractivity contribution in [3.8, 4) is 11.3 Å². The number of aromatic nitrogens is 1. The fourth-order valence-corrected chi connectivity index (χ4v) is 3.48. The Bertz CT molecular complexity index is 916. The number of halogens is 1. The van der Waals surface area contributed by atoms with E-state index in [1.807, 2.05) is 19.1 Å². The Kier molecular flexibility index (Phi) is 6.11. The average molecular weight is 400 g/mol. The van der Waals surface area contributed by atoms with Gasteiger partial charge in [0.1, 0.15) is 11.3 Å². The number of amides is 2. The Balaban J connectivity index is 1.94. The predicted octanol–water partition coefficient (Wildman–Crippen LogP) is 3.24. The van der Waals surface area contributed by atoms with Crippen molar-refractivity contribution < 1.29 is 14.3 Å². The molecule has 1 aromatic heterocycles. The Morgan fingerprint density at radius 1 is 1.32 bits per heavy atom. The van der Waals surface area contributed by atoms with Gasteiger partial charge in [0.05, 0.1) is 18.3 Å². The molecule has 146 valence electrons. The molecule has 0 aliphatic carbocycles. The van der Waals surface area contributed by atoms with E-state index in [0.29, 0.717) is 29.5 Å². The molecule has 1 aliphatic rings. The molecular weight excluding hydrogens is 378 g/mol. The summed E-state index contributed by atoms with van der Waals surface area (Å²) in [6, 6.07) is 10.8. The lowest BCUT2D eigenvalue weighted by Crippen LogP contribution is -2.45. The first-order chi connectivity index (χ1) is 13.4. The fourth-order valence-electron chi connectivity index (χ4n) is 3.26. The number of rotatable bonds is 4. The van der Waals surface area contributed by atoms with Gasteiger partial charge in [-0.3, -0.25) is 9.59 Å². The zero-order valence-corrected chi connectivity index (χ0v) is 16.6. The molecule has 0 bridgehead atoms. The number of nitrogens with one attached hydrogen (secondary N) is 1. The molecule has 0 radical (unpaired) electrons. The van der Waals surface area contributed by atoms with Crippen LogP contribution in [0.2, 0.25) is 5.15 Å². The van der Waals surface area contributed by atoms with Crippen LogP contribution in [0.25, 0.3) is 11.3 Å². The van der Waals surface area contributed by atoms with Gasteiger partial charge in [0.15, 0.2) is 0 Å². The molecule has 28 heavy (non-hydrogen) atoms. The monoisotopic (exact) mass is 399 g/mol. The molecule has 1 N–H and O–H groups in total. The van der Waals surface area contributed by atoms with Crippen LogP contribution >= 0.6 is 11.6 Å². The summed E-state index contributed by atoms with van der Waals surface area (Å²) in [6.45, 7) is 6.41. The minimum absolute atomic E-state index is 0.116. The highest BCUT2D eigenvalue weighted by Crippen LogP contribution is 2.30. The number of hydrogen-bond donors (Lipinski definition) is 1. The highest BCUT2D eigenvalue weighted by molar-refractivity contribution is 6.29. The van der Waals surface area contributed by atoms with Crippen LogP contribution in [0.15, 0.2) is 49.1 Å². The summed E-state index contributed by atoms with van der Waals surface area (Å²) < 4.78 is 6.04. The molecule has 2 amide bonds. The van der Waals surface area contributed by atoms with Gasteiger partial charge in [0.25, 0.3) is 5.91 Å². The van der Waals surface area contributed by atoms with E-state index in [2.05, 4.69) is 16.9 Å². The van der Waals surface area contributed by atoms with E-state index in [0.717, 1.165) is 11.1 Å². The summed E-state index contributed by atoms with van der Waals surface area (Å²) in [5.41, 5.74) is 2.77. The van der Waals surface area contributed by atoms with E-state index in [-0.39, 0.29) is 24.0 Å².